The fourth-order valence-corrected chi connectivity index (χ4v) is 2.33. The van der Waals surface area contributed by atoms with Crippen molar-refractivity contribution in [2.45, 2.75) is 40.0 Å². The summed E-state index contributed by atoms with van der Waals surface area (Å²) in [7, 11) is 0. The summed E-state index contributed by atoms with van der Waals surface area (Å²) < 4.78 is 0. The normalized spacial score (nSPS) is 19.4. The van der Waals surface area contributed by atoms with Crippen LogP contribution in [0.4, 0.5) is 0 Å². The molecule has 0 aromatic heterocycles. The monoisotopic (exact) mass is 254 g/mol. The maximum absolute atomic E-state index is 5.81. The number of hydrogen-bond acceptors (Lipinski definition) is 2. The van der Waals surface area contributed by atoms with Crippen LogP contribution in [0, 0.1) is 11.8 Å². The van der Waals surface area contributed by atoms with Gasteiger partial charge in [-0.25, -0.2) is 0 Å². The summed E-state index contributed by atoms with van der Waals surface area (Å²) in [5.41, 5.74) is 5.81. The Kier molecular flexibility index (Phi) is 7.09. The van der Waals surface area contributed by atoms with Crippen molar-refractivity contribution in [3.05, 3.63) is 0 Å². The molecule has 0 saturated carbocycles. The molecule has 1 aliphatic heterocycles. The zero-order chi connectivity index (χ0) is 13.4. The van der Waals surface area contributed by atoms with Crippen molar-refractivity contribution < 1.29 is 0 Å². The number of nitrogens with one attached hydrogen (secondary N) is 1. The molecule has 0 radical (unpaired) electrons. The van der Waals surface area contributed by atoms with Gasteiger partial charge in [0.25, 0.3) is 0 Å². The lowest BCUT2D eigenvalue weighted by Gasteiger charge is -2.31. The van der Waals surface area contributed by atoms with Crippen LogP contribution in [-0.2, 0) is 0 Å². The number of nitrogens with two attached hydrogens (primary N) is 1. The molecule has 0 unspecified atom stereocenters. The van der Waals surface area contributed by atoms with Gasteiger partial charge in [-0.15, -0.1) is 0 Å². The van der Waals surface area contributed by atoms with E-state index in [0.717, 1.165) is 19.0 Å². The smallest absolute Gasteiger partial charge is 0.188 e. The Morgan fingerprint density at radius 3 is 2.61 bits per heavy atom. The van der Waals surface area contributed by atoms with Crippen LogP contribution < -0.4 is 11.1 Å². The number of rotatable bonds is 6. The number of aliphatic imine (C=N–C) groups is 1. The molecular weight excluding hydrogens is 224 g/mol. The molecule has 1 heterocycles. The Labute approximate surface area is 112 Å². The first-order valence-electron chi connectivity index (χ1n) is 7.38. The summed E-state index contributed by atoms with van der Waals surface area (Å²) in [4.78, 5) is 6.84. The van der Waals surface area contributed by atoms with Crippen LogP contribution in [0.2, 0.25) is 0 Å². The molecule has 1 fully saturated rings. The second kappa shape index (κ2) is 8.35. The van der Waals surface area contributed by atoms with Gasteiger partial charge in [-0.1, -0.05) is 20.8 Å². The van der Waals surface area contributed by atoms with Gasteiger partial charge in [0.2, 0.25) is 0 Å². The molecule has 0 bridgehead atoms. The predicted octanol–water partition coefficient (Wildman–Crippen LogP) is 1.67. The van der Waals surface area contributed by atoms with E-state index in [-0.39, 0.29) is 0 Å². The number of likely N-dealkylation sites (tertiary alicyclic amines) is 1. The quantitative estimate of drug-likeness (QED) is 0.560. The minimum absolute atomic E-state index is 0.573. The van der Waals surface area contributed by atoms with Crippen molar-refractivity contribution in [2.24, 2.45) is 22.6 Å². The zero-order valence-electron chi connectivity index (χ0n) is 12.3. The summed E-state index contributed by atoms with van der Waals surface area (Å²) in [6, 6.07) is 0. The molecule has 0 spiro atoms. The van der Waals surface area contributed by atoms with Crippen molar-refractivity contribution in [3.63, 3.8) is 0 Å². The van der Waals surface area contributed by atoms with Crippen LogP contribution in [0.3, 0.4) is 0 Å². The standard InChI is InChI=1S/C14H30N4/c1-4-18-9-6-13(7-10-18)5-8-16-14(15)17-11-12(2)3/h12-13H,4-11H2,1-3H3,(H3,15,16,17). The summed E-state index contributed by atoms with van der Waals surface area (Å²) in [6.07, 6.45) is 3.88. The van der Waals surface area contributed by atoms with Gasteiger partial charge in [-0.3, -0.25) is 4.99 Å². The van der Waals surface area contributed by atoms with E-state index in [1.165, 1.54) is 38.9 Å². The van der Waals surface area contributed by atoms with Crippen LogP contribution in [-0.4, -0.2) is 43.6 Å². The fourth-order valence-electron chi connectivity index (χ4n) is 2.33. The molecule has 1 aliphatic rings. The minimum Gasteiger partial charge on any atom is -0.370 e. The molecule has 4 nitrogen and oxygen atoms in total. The molecule has 1 rings (SSSR count). The average molecular weight is 254 g/mol. The van der Waals surface area contributed by atoms with E-state index in [1.807, 2.05) is 0 Å². The van der Waals surface area contributed by atoms with Crippen molar-refractivity contribution >= 4 is 5.96 Å². The largest absolute Gasteiger partial charge is 0.370 e. The van der Waals surface area contributed by atoms with Gasteiger partial charge in [-0.2, -0.15) is 0 Å². The SMILES string of the molecule is CCN1CCC(CCNC(N)=NCC(C)C)CC1. The maximum atomic E-state index is 5.81. The van der Waals surface area contributed by atoms with Gasteiger partial charge >= 0.3 is 0 Å². The molecule has 106 valence electrons. The third kappa shape index (κ3) is 6.24. The van der Waals surface area contributed by atoms with Gasteiger partial charge in [0, 0.05) is 13.1 Å². The highest BCUT2D eigenvalue weighted by Crippen LogP contribution is 2.19. The van der Waals surface area contributed by atoms with Gasteiger partial charge in [0.15, 0.2) is 5.96 Å². The van der Waals surface area contributed by atoms with Gasteiger partial charge in [0.05, 0.1) is 0 Å². The van der Waals surface area contributed by atoms with E-state index in [0.29, 0.717) is 11.9 Å². The lowest BCUT2D eigenvalue weighted by atomic mass is 9.93. The van der Waals surface area contributed by atoms with Gasteiger partial charge < -0.3 is 16.0 Å². The molecule has 0 aliphatic carbocycles. The second-order valence-corrected chi connectivity index (χ2v) is 5.71. The van der Waals surface area contributed by atoms with Crippen molar-refractivity contribution in [3.8, 4) is 0 Å². The average Bonchev–Trinajstić information content (AvgIpc) is 2.37. The third-order valence-electron chi connectivity index (χ3n) is 3.64. The minimum atomic E-state index is 0.573. The highest BCUT2D eigenvalue weighted by molar-refractivity contribution is 5.77. The number of hydrogen-bond donors (Lipinski definition) is 2. The first-order chi connectivity index (χ1) is 8.61. The molecule has 0 amide bonds. The highest BCUT2D eigenvalue weighted by atomic mass is 15.1. The van der Waals surface area contributed by atoms with Gasteiger partial charge in [0.1, 0.15) is 0 Å². The summed E-state index contributed by atoms with van der Waals surface area (Å²) in [6.45, 7) is 12.0. The number of piperidine rings is 1. The molecule has 0 aromatic carbocycles. The van der Waals surface area contributed by atoms with E-state index in [2.05, 4.69) is 36.0 Å². The predicted molar refractivity (Wildman–Crippen MR) is 78.8 cm³/mol. The lowest BCUT2D eigenvalue weighted by molar-refractivity contribution is 0.187. The summed E-state index contributed by atoms with van der Waals surface area (Å²) >= 11 is 0. The molecule has 3 N–H and O–H groups in total. The van der Waals surface area contributed by atoms with Crippen LogP contribution >= 0.6 is 0 Å². The van der Waals surface area contributed by atoms with Crippen molar-refractivity contribution in [1.82, 2.24) is 10.2 Å². The zero-order valence-corrected chi connectivity index (χ0v) is 12.3. The Balaban J connectivity index is 2.09. The molecule has 1 saturated heterocycles. The van der Waals surface area contributed by atoms with E-state index in [1.54, 1.807) is 0 Å². The van der Waals surface area contributed by atoms with E-state index < -0.39 is 0 Å². The Bertz CT molecular complexity index is 242. The van der Waals surface area contributed by atoms with Crippen LogP contribution in [0.1, 0.15) is 40.0 Å². The second-order valence-electron chi connectivity index (χ2n) is 5.71. The number of guanidine groups is 1. The third-order valence-corrected chi connectivity index (χ3v) is 3.64. The summed E-state index contributed by atoms with van der Waals surface area (Å²) in [5.74, 6) is 2.04. The van der Waals surface area contributed by atoms with E-state index >= 15 is 0 Å². The van der Waals surface area contributed by atoms with Crippen LogP contribution in [0.25, 0.3) is 0 Å². The Morgan fingerprint density at radius 2 is 2.06 bits per heavy atom. The maximum Gasteiger partial charge on any atom is 0.188 e. The first kappa shape index (κ1) is 15.3. The molecular formula is C14H30N4. The lowest BCUT2D eigenvalue weighted by Crippen LogP contribution is -2.36. The van der Waals surface area contributed by atoms with Gasteiger partial charge in [-0.05, 0) is 50.7 Å². The molecule has 18 heavy (non-hydrogen) atoms. The van der Waals surface area contributed by atoms with Crippen molar-refractivity contribution in [1.29, 1.82) is 0 Å². The van der Waals surface area contributed by atoms with Crippen LogP contribution in [0.15, 0.2) is 4.99 Å². The molecule has 4 heteroatoms. The summed E-state index contributed by atoms with van der Waals surface area (Å²) in [5, 5.41) is 3.22. The Morgan fingerprint density at radius 1 is 1.39 bits per heavy atom. The highest BCUT2D eigenvalue weighted by Gasteiger charge is 2.17. The fraction of sp³-hybridized carbons (Fsp3) is 0.929. The van der Waals surface area contributed by atoms with E-state index in [4.69, 9.17) is 5.73 Å². The number of nitrogens with zero attached hydrogens (tertiary/aromatic N) is 2. The molecule has 0 atom stereocenters. The van der Waals surface area contributed by atoms with Crippen molar-refractivity contribution in [2.75, 3.05) is 32.7 Å². The van der Waals surface area contributed by atoms with Crippen LogP contribution in [0.5, 0.6) is 0 Å². The molecule has 0 aromatic rings. The van der Waals surface area contributed by atoms with E-state index in [9.17, 15) is 0 Å². The first-order valence-corrected chi connectivity index (χ1v) is 7.38. The topological polar surface area (TPSA) is 53.6 Å². The Hall–Kier alpha value is -0.770.